The molecule has 0 saturated heterocycles. The highest BCUT2D eigenvalue weighted by atomic mass is 16.1. The van der Waals surface area contributed by atoms with E-state index >= 15 is 0 Å². The molecule has 0 fully saturated rings. The van der Waals surface area contributed by atoms with Gasteiger partial charge in [0.1, 0.15) is 0 Å². The van der Waals surface area contributed by atoms with Crippen molar-refractivity contribution < 1.29 is 9.59 Å². The van der Waals surface area contributed by atoms with Crippen LogP contribution in [-0.4, -0.2) is 17.7 Å². The molecule has 0 atom stereocenters. The molecule has 0 aliphatic rings. The molecule has 0 aromatic heterocycles. The summed E-state index contributed by atoms with van der Waals surface area (Å²) in [6, 6.07) is 6.77. The van der Waals surface area contributed by atoms with Gasteiger partial charge in [0.05, 0.1) is 0 Å². The maximum absolute atomic E-state index is 11.5. The van der Waals surface area contributed by atoms with Crippen molar-refractivity contribution in [2.24, 2.45) is 0 Å². The second kappa shape index (κ2) is 4.73. The van der Waals surface area contributed by atoms with E-state index in [0.29, 0.717) is 11.1 Å². The van der Waals surface area contributed by atoms with Gasteiger partial charge in [-0.15, -0.1) is 0 Å². The number of rotatable bonds is 3. The van der Waals surface area contributed by atoms with Gasteiger partial charge in [-0.25, -0.2) is 0 Å². The first-order chi connectivity index (χ1) is 7.00. The topological polar surface area (TPSA) is 46.2 Å². The molecule has 0 heterocycles. The van der Waals surface area contributed by atoms with Crippen molar-refractivity contribution in [2.75, 3.05) is 0 Å². The third-order valence-electron chi connectivity index (χ3n) is 1.97. The molecular formula is C12H15NO2. The Hall–Kier alpha value is -1.64. The van der Waals surface area contributed by atoms with Crippen molar-refractivity contribution >= 4 is 11.7 Å². The van der Waals surface area contributed by atoms with E-state index in [1.165, 1.54) is 6.92 Å². The van der Waals surface area contributed by atoms with Crippen LogP contribution in [0, 0.1) is 0 Å². The zero-order chi connectivity index (χ0) is 11.4. The minimum atomic E-state index is -0.111. The van der Waals surface area contributed by atoms with Crippen LogP contribution in [0.5, 0.6) is 0 Å². The second-order valence-corrected chi connectivity index (χ2v) is 3.76. The highest BCUT2D eigenvalue weighted by molar-refractivity contribution is 5.97. The predicted molar refractivity (Wildman–Crippen MR) is 59.0 cm³/mol. The first-order valence-corrected chi connectivity index (χ1v) is 4.92. The zero-order valence-corrected chi connectivity index (χ0v) is 9.20. The van der Waals surface area contributed by atoms with Crippen LogP contribution >= 0.6 is 0 Å². The van der Waals surface area contributed by atoms with Crippen LogP contribution in [0.2, 0.25) is 0 Å². The van der Waals surface area contributed by atoms with Crippen molar-refractivity contribution in [1.29, 1.82) is 0 Å². The molecule has 80 valence electrons. The van der Waals surface area contributed by atoms with Gasteiger partial charge in [0.15, 0.2) is 5.78 Å². The first kappa shape index (κ1) is 11.4. The lowest BCUT2D eigenvalue weighted by Crippen LogP contribution is -2.30. The Morgan fingerprint density at radius 1 is 1.07 bits per heavy atom. The molecule has 0 aliphatic carbocycles. The predicted octanol–water partition coefficient (Wildman–Crippen LogP) is 2.03. The number of hydrogen-bond donors (Lipinski definition) is 1. The van der Waals surface area contributed by atoms with Gasteiger partial charge in [-0.2, -0.15) is 0 Å². The van der Waals surface area contributed by atoms with Gasteiger partial charge in [-0.05, 0) is 32.9 Å². The summed E-state index contributed by atoms with van der Waals surface area (Å²) < 4.78 is 0. The Bertz CT molecular complexity index is 366. The number of nitrogens with one attached hydrogen (secondary N) is 1. The van der Waals surface area contributed by atoms with Crippen LogP contribution in [0.25, 0.3) is 0 Å². The molecule has 0 saturated carbocycles. The fourth-order valence-electron chi connectivity index (χ4n) is 1.20. The Balaban J connectivity index is 2.80. The molecule has 1 N–H and O–H groups in total. The summed E-state index contributed by atoms with van der Waals surface area (Å²) in [5, 5.41) is 2.78. The van der Waals surface area contributed by atoms with E-state index in [0.717, 1.165) is 0 Å². The van der Waals surface area contributed by atoms with Crippen LogP contribution in [0.1, 0.15) is 41.5 Å². The standard InChI is InChI=1S/C12H15NO2/c1-8(2)13-12(15)11-6-4-10(5-7-11)9(3)14/h4-8H,1-3H3,(H,13,15). The van der Waals surface area contributed by atoms with Gasteiger partial charge in [-0.3, -0.25) is 9.59 Å². The number of carbonyl (C=O) groups excluding carboxylic acids is 2. The molecule has 1 amide bonds. The summed E-state index contributed by atoms with van der Waals surface area (Å²) in [4.78, 5) is 22.5. The van der Waals surface area contributed by atoms with E-state index in [1.54, 1.807) is 24.3 Å². The molecule has 1 aromatic rings. The van der Waals surface area contributed by atoms with Gasteiger partial charge in [0.25, 0.3) is 5.91 Å². The average Bonchev–Trinajstić information content (AvgIpc) is 2.17. The molecule has 1 rings (SSSR count). The van der Waals surface area contributed by atoms with E-state index in [-0.39, 0.29) is 17.7 Å². The molecule has 0 aliphatic heterocycles. The number of hydrogen-bond acceptors (Lipinski definition) is 2. The second-order valence-electron chi connectivity index (χ2n) is 3.76. The maximum atomic E-state index is 11.5. The molecular weight excluding hydrogens is 190 g/mol. The largest absolute Gasteiger partial charge is 0.350 e. The Labute approximate surface area is 89.5 Å². The van der Waals surface area contributed by atoms with Crippen LogP contribution in [0.3, 0.4) is 0 Å². The van der Waals surface area contributed by atoms with Crippen LogP contribution in [0.15, 0.2) is 24.3 Å². The number of carbonyl (C=O) groups is 2. The number of Topliss-reactive ketones (excluding diaryl/α,β-unsaturated/α-hetero) is 1. The Morgan fingerprint density at radius 3 is 1.93 bits per heavy atom. The lowest BCUT2D eigenvalue weighted by atomic mass is 10.1. The van der Waals surface area contributed by atoms with Crippen molar-refractivity contribution in [3.63, 3.8) is 0 Å². The quantitative estimate of drug-likeness (QED) is 0.767. The van der Waals surface area contributed by atoms with E-state index in [9.17, 15) is 9.59 Å². The Kier molecular flexibility index (Phi) is 3.61. The molecule has 0 spiro atoms. The van der Waals surface area contributed by atoms with E-state index in [2.05, 4.69) is 5.32 Å². The monoisotopic (exact) mass is 205 g/mol. The molecule has 3 heteroatoms. The smallest absolute Gasteiger partial charge is 0.251 e. The van der Waals surface area contributed by atoms with Crippen LogP contribution < -0.4 is 5.32 Å². The summed E-state index contributed by atoms with van der Waals surface area (Å²) in [7, 11) is 0. The van der Waals surface area contributed by atoms with Gasteiger partial charge in [0, 0.05) is 17.2 Å². The maximum Gasteiger partial charge on any atom is 0.251 e. The fraction of sp³-hybridized carbons (Fsp3) is 0.333. The van der Waals surface area contributed by atoms with E-state index in [1.807, 2.05) is 13.8 Å². The van der Waals surface area contributed by atoms with E-state index < -0.39 is 0 Å². The summed E-state index contributed by atoms with van der Waals surface area (Å²) in [6.07, 6.45) is 0. The van der Waals surface area contributed by atoms with Crippen molar-refractivity contribution in [1.82, 2.24) is 5.32 Å². The van der Waals surface area contributed by atoms with Gasteiger partial charge < -0.3 is 5.32 Å². The zero-order valence-electron chi connectivity index (χ0n) is 9.20. The van der Waals surface area contributed by atoms with E-state index in [4.69, 9.17) is 0 Å². The Morgan fingerprint density at radius 2 is 1.53 bits per heavy atom. The lowest BCUT2D eigenvalue weighted by molar-refractivity contribution is 0.0941. The average molecular weight is 205 g/mol. The molecule has 0 radical (unpaired) electrons. The van der Waals surface area contributed by atoms with Gasteiger partial charge >= 0.3 is 0 Å². The summed E-state index contributed by atoms with van der Waals surface area (Å²) in [5.41, 5.74) is 1.20. The number of amides is 1. The first-order valence-electron chi connectivity index (χ1n) is 4.92. The molecule has 3 nitrogen and oxygen atoms in total. The van der Waals surface area contributed by atoms with Crippen molar-refractivity contribution in [3.8, 4) is 0 Å². The normalized spacial score (nSPS) is 10.1. The minimum absolute atomic E-state index is 0.00539. The summed E-state index contributed by atoms with van der Waals surface area (Å²) in [6.45, 7) is 5.31. The fourth-order valence-corrected chi connectivity index (χ4v) is 1.20. The highest BCUT2D eigenvalue weighted by Crippen LogP contribution is 2.05. The molecule has 15 heavy (non-hydrogen) atoms. The third kappa shape index (κ3) is 3.20. The SMILES string of the molecule is CC(=O)c1ccc(C(=O)NC(C)C)cc1. The summed E-state index contributed by atoms with van der Waals surface area (Å²) in [5.74, 6) is -0.106. The highest BCUT2D eigenvalue weighted by Gasteiger charge is 2.07. The van der Waals surface area contributed by atoms with Crippen molar-refractivity contribution in [2.45, 2.75) is 26.8 Å². The molecule has 1 aromatic carbocycles. The minimum Gasteiger partial charge on any atom is -0.350 e. The third-order valence-corrected chi connectivity index (χ3v) is 1.97. The molecule has 0 bridgehead atoms. The summed E-state index contributed by atoms with van der Waals surface area (Å²) >= 11 is 0. The van der Waals surface area contributed by atoms with Gasteiger partial charge in [0.2, 0.25) is 0 Å². The van der Waals surface area contributed by atoms with Gasteiger partial charge in [-0.1, -0.05) is 12.1 Å². The van der Waals surface area contributed by atoms with Crippen LogP contribution in [-0.2, 0) is 0 Å². The van der Waals surface area contributed by atoms with Crippen molar-refractivity contribution in [3.05, 3.63) is 35.4 Å². The lowest BCUT2D eigenvalue weighted by Gasteiger charge is -2.08. The van der Waals surface area contributed by atoms with Crippen LogP contribution in [0.4, 0.5) is 0 Å². The molecule has 0 unspecified atom stereocenters. The number of benzene rings is 1. The number of ketones is 1.